The molecule has 3 aromatic rings. The Morgan fingerprint density at radius 2 is 2.12 bits per heavy atom. The van der Waals surface area contributed by atoms with Gasteiger partial charge in [-0.3, -0.25) is 14.9 Å². The number of pyridine rings is 1. The molecule has 1 aromatic carbocycles. The van der Waals surface area contributed by atoms with Gasteiger partial charge in [0.05, 0.1) is 5.52 Å². The summed E-state index contributed by atoms with van der Waals surface area (Å²) in [5.41, 5.74) is 1.07. The van der Waals surface area contributed by atoms with Crippen molar-refractivity contribution < 1.29 is 4.79 Å². The number of amides is 1. The van der Waals surface area contributed by atoms with E-state index in [2.05, 4.69) is 34.3 Å². The van der Waals surface area contributed by atoms with E-state index in [0.29, 0.717) is 27.0 Å². The number of benzene rings is 1. The molecule has 2 aromatic heterocycles. The van der Waals surface area contributed by atoms with Crippen LogP contribution in [0.1, 0.15) is 34.8 Å². The monoisotopic (exact) mass is 376 g/mol. The van der Waals surface area contributed by atoms with Gasteiger partial charge in [-0.15, -0.1) is 10.2 Å². The highest BCUT2D eigenvalue weighted by atomic mass is 35.5. The number of anilines is 1. The van der Waals surface area contributed by atoms with E-state index in [4.69, 9.17) is 11.6 Å². The number of hydrogen-bond acceptors (Lipinski definition) is 5. The van der Waals surface area contributed by atoms with Gasteiger partial charge in [0.25, 0.3) is 5.91 Å². The van der Waals surface area contributed by atoms with Crippen LogP contribution in [0.2, 0.25) is 5.02 Å². The minimum atomic E-state index is -0.511. The Morgan fingerprint density at radius 3 is 2.84 bits per heavy atom. The predicted molar refractivity (Wildman–Crippen MR) is 101 cm³/mol. The third-order valence-electron chi connectivity index (χ3n) is 3.76. The highest BCUT2D eigenvalue weighted by Crippen LogP contribution is 2.22. The number of aryl methyl sites for hydroxylation is 1. The summed E-state index contributed by atoms with van der Waals surface area (Å²) >= 11 is 7.39. The third kappa shape index (κ3) is 3.57. The van der Waals surface area contributed by atoms with Crippen LogP contribution in [-0.2, 0) is 6.42 Å². The Labute approximate surface area is 153 Å². The number of halogens is 1. The molecule has 6 nitrogen and oxygen atoms in total. The summed E-state index contributed by atoms with van der Waals surface area (Å²) in [5.74, 6) is -0.0575. The lowest BCUT2D eigenvalue weighted by atomic mass is 10.1. The van der Waals surface area contributed by atoms with Crippen LogP contribution in [0.25, 0.3) is 10.9 Å². The van der Waals surface area contributed by atoms with Crippen molar-refractivity contribution in [3.05, 3.63) is 49.7 Å². The van der Waals surface area contributed by atoms with E-state index in [1.54, 1.807) is 12.1 Å². The van der Waals surface area contributed by atoms with Crippen LogP contribution >= 0.6 is 22.9 Å². The lowest BCUT2D eigenvalue weighted by molar-refractivity contribution is 0.102. The normalized spacial score (nSPS) is 11.2. The number of hydrogen-bond donors (Lipinski definition) is 2. The molecule has 0 aliphatic heterocycles. The minimum absolute atomic E-state index is 0.0230. The number of H-pyrrole nitrogens is 1. The molecule has 2 heterocycles. The van der Waals surface area contributed by atoms with Gasteiger partial charge >= 0.3 is 0 Å². The Hall–Kier alpha value is -2.25. The van der Waals surface area contributed by atoms with E-state index in [-0.39, 0.29) is 11.0 Å². The Kier molecular flexibility index (Phi) is 4.87. The number of carbonyl (C=O) groups is 1. The van der Waals surface area contributed by atoms with Gasteiger partial charge in [-0.05, 0) is 30.5 Å². The minimum Gasteiger partial charge on any atom is -0.360 e. The van der Waals surface area contributed by atoms with Gasteiger partial charge in [-0.1, -0.05) is 36.8 Å². The molecule has 0 aliphatic rings. The SMILES string of the molecule is Cc1c(Cl)ccc2c(=O)c(C(=O)Nc3nnc(CC(C)C)s3)c[nH]c12. The van der Waals surface area contributed by atoms with Crippen molar-refractivity contribution >= 4 is 44.9 Å². The van der Waals surface area contributed by atoms with Crippen LogP contribution in [0.4, 0.5) is 5.13 Å². The van der Waals surface area contributed by atoms with Crippen molar-refractivity contribution in [2.75, 3.05) is 5.32 Å². The maximum Gasteiger partial charge on any atom is 0.262 e. The van der Waals surface area contributed by atoms with Crippen molar-refractivity contribution in [3.8, 4) is 0 Å². The molecular formula is C17H17ClN4O2S. The molecule has 2 N–H and O–H groups in total. The van der Waals surface area contributed by atoms with Crippen LogP contribution in [0, 0.1) is 12.8 Å². The molecular weight excluding hydrogens is 360 g/mol. The van der Waals surface area contributed by atoms with E-state index in [1.807, 2.05) is 6.92 Å². The van der Waals surface area contributed by atoms with Crippen molar-refractivity contribution in [3.63, 3.8) is 0 Å². The van der Waals surface area contributed by atoms with E-state index in [1.165, 1.54) is 17.5 Å². The summed E-state index contributed by atoms with van der Waals surface area (Å²) in [7, 11) is 0. The molecule has 25 heavy (non-hydrogen) atoms. The Bertz CT molecular complexity index is 1010. The Balaban J connectivity index is 1.90. The number of rotatable bonds is 4. The van der Waals surface area contributed by atoms with E-state index in [9.17, 15) is 9.59 Å². The van der Waals surface area contributed by atoms with Gasteiger partial charge < -0.3 is 4.98 Å². The van der Waals surface area contributed by atoms with Crippen molar-refractivity contribution in [2.24, 2.45) is 5.92 Å². The number of nitrogens with one attached hydrogen (secondary N) is 2. The molecule has 3 rings (SSSR count). The molecule has 0 radical (unpaired) electrons. The second kappa shape index (κ2) is 6.93. The quantitative estimate of drug-likeness (QED) is 0.725. The Morgan fingerprint density at radius 1 is 1.36 bits per heavy atom. The third-order valence-corrected chi connectivity index (χ3v) is 5.03. The van der Waals surface area contributed by atoms with Gasteiger partial charge in [0.15, 0.2) is 0 Å². The fraction of sp³-hybridized carbons (Fsp3) is 0.294. The summed E-state index contributed by atoms with van der Waals surface area (Å²) in [4.78, 5) is 28.1. The zero-order valence-electron chi connectivity index (χ0n) is 14.0. The van der Waals surface area contributed by atoms with Gasteiger partial charge in [-0.2, -0.15) is 0 Å². The number of aromatic nitrogens is 3. The fourth-order valence-electron chi connectivity index (χ4n) is 2.49. The van der Waals surface area contributed by atoms with Crippen LogP contribution < -0.4 is 10.7 Å². The average molecular weight is 377 g/mol. The summed E-state index contributed by atoms with van der Waals surface area (Å²) < 4.78 is 0. The predicted octanol–water partition coefficient (Wildman–Crippen LogP) is 3.79. The highest BCUT2D eigenvalue weighted by molar-refractivity contribution is 7.15. The largest absolute Gasteiger partial charge is 0.360 e. The average Bonchev–Trinajstić information content (AvgIpc) is 2.97. The topological polar surface area (TPSA) is 87.7 Å². The van der Waals surface area contributed by atoms with Gasteiger partial charge in [0.1, 0.15) is 10.6 Å². The molecule has 0 saturated heterocycles. The maximum absolute atomic E-state index is 12.6. The molecule has 1 amide bonds. The van der Waals surface area contributed by atoms with Gasteiger partial charge in [0.2, 0.25) is 10.6 Å². The smallest absolute Gasteiger partial charge is 0.262 e. The van der Waals surface area contributed by atoms with Crippen LogP contribution in [0.5, 0.6) is 0 Å². The lowest BCUT2D eigenvalue weighted by Crippen LogP contribution is -2.22. The molecule has 8 heteroatoms. The lowest BCUT2D eigenvalue weighted by Gasteiger charge is -2.06. The number of nitrogens with zero attached hydrogens (tertiary/aromatic N) is 2. The van der Waals surface area contributed by atoms with Crippen molar-refractivity contribution in [1.29, 1.82) is 0 Å². The summed E-state index contributed by atoms with van der Waals surface area (Å²) in [6.07, 6.45) is 2.20. The number of carbonyl (C=O) groups excluding carboxylic acids is 1. The van der Waals surface area contributed by atoms with Gasteiger partial charge in [-0.25, -0.2) is 0 Å². The van der Waals surface area contributed by atoms with E-state index < -0.39 is 5.91 Å². The number of fused-ring (bicyclic) bond motifs is 1. The van der Waals surface area contributed by atoms with Crippen LogP contribution in [0.15, 0.2) is 23.1 Å². The van der Waals surface area contributed by atoms with Crippen LogP contribution in [-0.4, -0.2) is 21.1 Å². The van der Waals surface area contributed by atoms with Gasteiger partial charge in [0, 0.05) is 23.0 Å². The molecule has 0 bridgehead atoms. The van der Waals surface area contributed by atoms with E-state index >= 15 is 0 Å². The zero-order chi connectivity index (χ0) is 18.1. The van der Waals surface area contributed by atoms with E-state index in [0.717, 1.165) is 17.0 Å². The first-order valence-electron chi connectivity index (χ1n) is 7.81. The first kappa shape index (κ1) is 17.6. The molecule has 0 fully saturated rings. The first-order valence-corrected chi connectivity index (χ1v) is 9.00. The molecule has 0 saturated carbocycles. The second-order valence-electron chi connectivity index (χ2n) is 6.18. The zero-order valence-corrected chi connectivity index (χ0v) is 15.6. The second-order valence-corrected chi connectivity index (χ2v) is 7.65. The highest BCUT2D eigenvalue weighted by Gasteiger charge is 2.16. The first-order chi connectivity index (χ1) is 11.9. The number of aromatic amines is 1. The molecule has 0 unspecified atom stereocenters. The standard InChI is InChI=1S/C17H17ClN4O2S/c1-8(2)6-13-21-22-17(25-13)20-16(24)11-7-19-14-9(3)12(18)5-4-10(14)15(11)23/h4-5,7-8H,6H2,1-3H3,(H,19,23)(H,20,22,24). The summed E-state index contributed by atoms with van der Waals surface area (Å²) in [6.45, 7) is 5.99. The summed E-state index contributed by atoms with van der Waals surface area (Å²) in [5, 5.41) is 12.9. The maximum atomic E-state index is 12.6. The summed E-state index contributed by atoms with van der Waals surface area (Å²) in [6, 6.07) is 3.27. The van der Waals surface area contributed by atoms with Crippen LogP contribution in [0.3, 0.4) is 0 Å². The molecule has 0 atom stereocenters. The van der Waals surface area contributed by atoms with Crippen molar-refractivity contribution in [1.82, 2.24) is 15.2 Å². The fourth-order valence-corrected chi connectivity index (χ4v) is 3.59. The molecule has 0 aliphatic carbocycles. The molecule has 0 spiro atoms. The molecule has 130 valence electrons. The van der Waals surface area contributed by atoms with Crippen molar-refractivity contribution in [2.45, 2.75) is 27.2 Å².